The molecule has 19 heavy (non-hydrogen) atoms. The first-order valence-electron chi connectivity index (χ1n) is 5.03. The van der Waals surface area contributed by atoms with Crippen molar-refractivity contribution in [3.63, 3.8) is 0 Å². The molecule has 0 spiro atoms. The lowest BCUT2D eigenvalue weighted by atomic mass is 10.1. The van der Waals surface area contributed by atoms with Crippen LogP contribution in [0.2, 0.25) is 10.0 Å². The van der Waals surface area contributed by atoms with Crippen molar-refractivity contribution in [1.82, 2.24) is 5.32 Å². The van der Waals surface area contributed by atoms with E-state index < -0.39 is 0 Å². The van der Waals surface area contributed by atoms with Crippen LogP contribution in [0.25, 0.3) is 0 Å². The molecular formula is C11H6Cl2N4OS. The third-order valence-electron chi connectivity index (χ3n) is 2.13. The van der Waals surface area contributed by atoms with E-state index in [1.165, 1.54) is 30.1 Å². The maximum Gasteiger partial charge on any atom is 0.236 e. The second-order valence-corrected chi connectivity index (χ2v) is 5.23. The van der Waals surface area contributed by atoms with E-state index in [1.54, 1.807) is 0 Å². The maximum atomic E-state index is 10.9. The Labute approximate surface area is 123 Å². The Balaban J connectivity index is 2.20. The van der Waals surface area contributed by atoms with Gasteiger partial charge in [-0.05, 0) is 12.1 Å². The molecule has 8 heteroatoms. The van der Waals surface area contributed by atoms with E-state index in [-0.39, 0.29) is 5.91 Å². The Hall–Kier alpha value is -1.55. The highest BCUT2D eigenvalue weighted by atomic mass is 35.5. The quantitative estimate of drug-likeness (QED) is 0.673. The normalized spacial score (nSPS) is 16.9. The molecule has 1 fully saturated rings. The summed E-state index contributed by atoms with van der Waals surface area (Å²) in [5.41, 5.74) is 0.845. The molecule has 1 aromatic rings. The Bertz CT molecular complexity index is 613. The highest BCUT2D eigenvalue weighted by Crippen LogP contribution is 2.24. The molecule has 0 atom stereocenters. The van der Waals surface area contributed by atoms with Crippen LogP contribution in [0.3, 0.4) is 0 Å². The number of amidine groups is 1. The molecular weight excluding hydrogens is 307 g/mol. The molecule has 1 heterocycles. The zero-order valence-electron chi connectivity index (χ0n) is 9.35. The molecule has 96 valence electrons. The summed E-state index contributed by atoms with van der Waals surface area (Å²) >= 11 is 13.2. The van der Waals surface area contributed by atoms with Crippen LogP contribution in [0.15, 0.2) is 22.3 Å². The summed E-state index contributed by atoms with van der Waals surface area (Å²) in [6.07, 6.45) is 1.38. The first kappa shape index (κ1) is 13.9. The monoisotopic (exact) mass is 312 g/mol. The van der Waals surface area contributed by atoms with Crippen molar-refractivity contribution in [3.8, 4) is 6.07 Å². The van der Waals surface area contributed by atoms with Crippen molar-refractivity contribution in [2.75, 3.05) is 5.75 Å². The highest BCUT2D eigenvalue weighted by molar-refractivity contribution is 8.15. The van der Waals surface area contributed by atoms with Gasteiger partial charge in [-0.15, -0.1) is 5.10 Å². The Morgan fingerprint density at radius 1 is 1.42 bits per heavy atom. The van der Waals surface area contributed by atoms with E-state index >= 15 is 0 Å². The molecule has 2 rings (SSSR count). The van der Waals surface area contributed by atoms with Gasteiger partial charge in [-0.1, -0.05) is 35.0 Å². The molecule has 0 aliphatic carbocycles. The second kappa shape index (κ2) is 6.06. The van der Waals surface area contributed by atoms with Crippen molar-refractivity contribution in [2.24, 2.45) is 10.2 Å². The van der Waals surface area contributed by atoms with E-state index in [1.807, 2.05) is 6.07 Å². The van der Waals surface area contributed by atoms with Gasteiger partial charge in [-0.2, -0.15) is 10.4 Å². The largest absolute Gasteiger partial charge is 0.303 e. The zero-order chi connectivity index (χ0) is 13.8. The Morgan fingerprint density at radius 3 is 2.63 bits per heavy atom. The van der Waals surface area contributed by atoms with Crippen molar-refractivity contribution in [3.05, 3.63) is 33.3 Å². The van der Waals surface area contributed by atoms with Crippen LogP contribution >= 0.6 is 35.0 Å². The Kier molecular flexibility index (Phi) is 4.43. The number of carbonyl (C=O) groups excluding carboxylic acids is 1. The average molecular weight is 313 g/mol. The van der Waals surface area contributed by atoms with Crippen LogP contribution in [0, 0.1) is 11.3 Å². The van der Waals surface area contributed by atoms with Gasteiger partial charge in [0, 0.05) is 5.56 Å². The van der Waals surface area contributed by atoms with Gasteiger partial charge in [0.2, 0.25) is 5.91 Å². The molecule has 1 aliphatic rings. The lowest BCUT2D eigenvalue weighted by Gasteiger charge is -2.01. The van der Waals surface area contributed by atoms with Crippen LogP contribution in [-0.2, 0) is 4.79 Å². The fraction of sp³-hybridized carbons (Fsp3) is 0.0909. The predicted molar refractivity (Wildman–Crippen MR) is 76.8 cm³/mol. The zero-order valence-corrected chi connectivity index (χ0v) is 11.7. The highest BCUT2D eigenvalue weighted by Gasteiger charge is 2.16. The lowest BCUT2D eigenvalue weighted by Crippen LogP contribution is -2.19. The van der Waals surface area contributed by atoms with Gasteiger partial charge in [-0.3, -0.25) is 4.79 Å². The standard InChI is InChI=1S/C11H6Cl2N4OS/c12-8-1-6(3-14)2-9(13)7(8)4-15-17-11-16-10(18)5-19-11/h1-2,4H,5H2,(H,16,17,18). The minimum Gasteiger partial charge on any atom is -0.303 e. The molecule has 0 radical (unpaired) electrons. The number of benzene rings is 1. The molecule has 1 amide bonds. The number of amides is 1. The molecule has 0 saturated carbocycles. The molecule has 0 bridgehead atoms. The first-order chi connectivity index (χ1) is 9.10. The van der Waals surface area contributed by atoms with Crippen LogP contribution in [0.1, 0.15) is 11.1 Å². The van der Waals surface area contributed by atoms with E-state index in [0.717, 1.165) is 0 Å². The Morgan fingerprint density at radius 2 is 2.11 bits per heavy atom. The van der Waals surface area contributed by atoms with Gasteiger partial charge in [-0.25, -0.2) is 0 Å². The van der Waals surface area contributed by atoms with Crippen LogP contribution in [-0.4, -0.2) is 23.0 Å². The topological polar surface area (TPSA) is 77.6 Å². The van der Waals surface area contributed by atoms with Crippen LogP contribution in [0.4, 0.5) is 0 Å². The lowest BCUT2D eigenvalue weighted by molar-refractivity contribution is -0.116. The predicted octanol–water partition coefficient (Wildman–Crippen LogP) is 2.42. The average Bonchev–Trinajstić information content (AvgIpc) is 2.78. The smallest absolute Gasteiger partial charge is 0.236 e. The SMILES string of the molecule is N#Cc1cc(Cl)c(C=NN=C2NC(=O)CS2)c(Cl)c1. The van der Waals surface area contributed by atoms with E-state index in [4.69, 9.17) is 28.5 Å². The van der Waals surface area contributed by atoms with E-state index in [0.29, 0.717) is 32.1 Å². The number of nitrogens with one attached hydrogen (secondary N) is 1. The number of hydrogen-bond acceptors (Lipinski definition) is 5. The van der Waals surface area contributed by atoms with Crippen LogP contribution in [0.5, 0.6) is 0 Å². The molecule has 5 nitrogen and oxygen atoms in total. The third kappa shape index (κ3) is 3.47. The van der Waals surface area contributed by atoms with E-state index in [2.05, 4.69) is 15.5 Å². The van der Waals surface area contributed by atoms with Gasteiger partial charge < -0.3 is 5.32 Å². The molecule has 0 aromatic heterocycles. The van der Waals surface area contributed by atoms with Gasteiger partial charge in [0.25, 0.3) is 0 Å². The number of thioether (sulfide) groups is 1. The first-order valence-corrected chi connectivity index (χ1v) is 6.77. The number of nitrogens with zero attached hydrogens (tertiary/aromatic N) is 3. The number of rotatable bonds is 2. The molecule has 1 aliphatic heterocycles. The summed E-state index contributed by atoms with van der Waals surface area (Å²) in [5, 5.41) is 20.0. The number of halogens is 2. The van der Waals surface area contributed by atoms with Crippen molar-refractivity contribution >= 4 is 52.3 Å². The van der Waals surface area contributed by atoms with Crippen molar-refractivity contribution in [2.45, 2.75) is 0 Å². The number of hydrogen-bond donors (Lipinski definition) is 1. The minimum absolute atomic E-state index is 0.103. The molecule has 1 N–H and O–H groups in total. The van der Waals surface area contributed by atoms with Crippen molar-refractivity contribution in [1.29, 1.82) is 5.26 Å². The summed E-state index contributed by atoms with van der Waals surface area (Å²) in [5.74, 6) is 0.237. The van der Waals surface area contributed by atoms with Gasteiger partial charge >= 0.3 is 0 Å². The molecule has 1 saturated heterocycles. The van der Waals surface area contributed by atoms with Gasteiger partial charge in [0.05, 0.1) is 33.6 Å². The summed E-state index contributed by atoms with van der Waals surface area (Å²) < 4.78 is 0. The van der Waals surface area contributed by atoms with Gasteiger partial charge in [0.15, 0.2) is 5.17 Å². The molecule has 0 unspecified atom stereocenters. The summed E-state index contributed by atoms with van der Waals surface area (Å²) in [6, 6.07) is 4.94. The third-order valence-corrected chi connectivity index (χ3v) is 3.62. The second-order valence-electron chi connectivity index (χ2n) is 3.45. The van der Waals surface area contributed by atoms with E-state index in [9.17, 15) is 4.79 Å². The fourth-order valence-electron chi connectivity index (χ4n) is 1.29. The number of nitriles is 1. The summed E-state index contributed by atoms with van der Waals surface area (Å²) in [4.78, 5) is 10.9. The van der Waals surface area contributed by atoms with Crippen LogP contribution < -0.4 is 5.32 Å². The summed E-state index contributed by atoms with van der Waals surface area (Å²) in [7, 11) is 0. The minimum atomic E-state index is -0.103. The molecule has 1 aromatic carbocycles. The fourth-order valence-corrected chi connectivity index (χ4v) is 2.51. The summed E-state index contributed by atoms with van der Waals surface area (Å²) in [6.45, 7) is 0. The van der Waals surface area contributed by atoms with Gasteiger partial charge in [0.1, 0.15) is 0 Å². The van der Waals surface area contributed by atoms with Crippen molar-refractivity contribution < 1.29 is 4.79 Å². The maximum absolute atomic E-state index is 10.9. The number of carbonyl (C=O) groups is 1.